The Morgan fingerprint density at radius 2 is 2.30 bits per heavy atom. The van der Waals surface area contributed by atoms with Gasteiger partial charge in [-0.05, 0) is 7.05 Å². The normalized spacial score (nSPS) is 8.50. The largest absolute Gasteiger partial charge is 0.480 e. The third-order valence-corrected chi connectivity index (χ3v) is 0.722. The second-order valence-electron chi connectivity index (χ2n) is 1.55. The molecule has 0 heterocycles. The number of nitrogens with one attached hydrogen (secondary N) is 1. The van der Waals surface area contributed by atoms with Gasteiger partial charge in [-0.2, -0.15) is 0 Å². The van der Waals surface area contributed by atoms with E-state index in [1.165, 1.54) is 0 Å². The Hall–Kier alpha value is -0.320. The molecule has 0 aliphatic heterocycles. The van der Waals surface area contributed by atoms with Crippen molar-refractivity contribution in [3.63, 3.8) is 0 Å². The van der Waals surface area contributed by atoms with Gasteiger partial charge >= 0.3 is 5.97 Å². The monoisotopic (exact) mass is 169 g/mol. The molecule has 0 aromatic rings. The number of rotatable bonds is 5. The summed E-state index contributed by atoms with van der Waals surface area (Å²) in [5, 5.41) is 10.9. The molecule has 0 amide bonds. The van der Waals surface area contributed by atoms with E-state index in [0.717, 1.165) is 0 Å². The third kappa shape index (κ3) is 10.6. The number of hydrogen-bond acceptors (Lipinski definition) is 3. The summed E-state index contributed by atoms with van der Waals surface area (Å²) in [5.41, 5.74) is 0. The Morgan fingerprint density at radius 3 is 2.70 bits per heavy atom. The number of likely N-dealkylation sites (N-methyl/N-ethyl adjacent to an activating group) is 1. The van der Waals surface area contributed by atoms with Gasteiger partial charge in [0.1, 0.15) is 6.61 Å². The van der Waals surface area contributed by atoms with Gasteiger partial charge in [-0.1, -0.05) is 0 Å². The molecule has 0 atom stereocenters. The van der Waals surface area contributed by atoms with Gasteiger partial charge in [0, 0.05) is 6.54 Å². The maximum atomic E-state index is 9.82. The lowest BCUT2D eigenvalue weighted by molar-refractivity contribution is -0.142. The summed E-state index contributed by atoms with van der Waals surface area (Å²) >= 11 is 0. The first-order valence-electron chi connectivity index (χ1n) is 2.71. The van der Waals surface area contributed by atoms with Crippen LogP contribution in [-0.2, 0) is 9.53 Å². The first kappa shape index (κ1) is 12.4. The van der Waals surface area contributed by atoms with Crippen molar-refractivity contribution in [1.29, 1.82) is 0 Å². The molecule has 0 aromatic heterocycles. The highest BCUT2D eigenvalue weighted by Crippen LogP contribution is 1.71. The molecule has 10 heavy (non-hydrogen) atoms. The van der Waals surface area contributed by atoms with Crippen LogP contribution in [0.3, 0.4) is 0 Å². The van der Waals surface area contributed by atoms with Gasteiger partial charge < -0.3 is 15.2 Å². The molecule has 0 bridgehead atoms. The molecule has 0 saturated heterocycles. The minimum atomic E-state index is -0.925. The molecule has 2 N–H and O–H groups in total. The highest BCUT2D eigenvalue weighted by atomic mass is 35.5. The van der Waals surface area contributed by atoms with Crippen molar-refractivity contribution in [2.45, 2.75) is 0 Å². The molecule has 0 unspecified atom stereocenters. The van der Waals surface area contributed by atoms with Gasteiger partial charge in [-0.25, -0.2) is 4.79 Å². The van der Waals surface area contributed by atoms with Crippen molar-refractivity contribution in [3.8, 4) is 0 Å². The van der Waals surface area contributed by atoms with Crippen molar-refractivity contribution in [2.75, 3.05) is 26.8 Å². The van der Waals surface area contributed by atoms with Gasteiger partial charge in [0.05, 0.1) is 6.61 Å². The quantitative estimate of drug-likeness (QED) is 0.557. The summed E-state index contributed by atoms with van der Waals surface area (Å²) in [6, 6.07) is 0. The number of aliphatic carboxylic acids is 1. The smallest absolute Gasteiger partial charge is 0.329 e. The minimum Gasteiger partial charge on any atom is -0.480 e. The van der Waals surface area contributed by atoms with Crippen molar-refractivity contribution in [1.82, 2.24) is 5.32 Å². The maximum absolute atomic E-state index is 9.82. The molecule has 0 spiro atoms. The fourth-order valence-electron chi connectivity index (χ4n) is 0.334. The third-order valence-electron chi connectivity index (χ3n) is 0.722. The van der Waals surface area contributed by atoms with Crippen LogP contribution in [0.15, 0.2) is 0 Å². The van der Waals surface area contributed by atoms with Crippen LogP contribution in [0.4, 0.5) is 0 Å². The predicted octanol–water partition coefficient (Wildman–Crippen LogP) is -0.271. The van der Waals surface area contributed by atoms with Crippen LogP contribution < -0.4 is 5.32 Å². The lowest BCUT2D eigenvalue weighted by atomic mass is 10.7. The second kappa shape index (κ2) is 8.68. The molecule has 0 fully saturated rings. The zero-order valence-electron chi connectivity index (χ0n) is 5.79. The highest BCUT2D eigenvalue weighted by molar-refractivity contribution is 5.85. The molecule has 0 saturated carbocycles. The zero-order chi connectivity index (χ0) is 7.11. The summed E-state index contributed by atoms with van der Waals surface area (Å²) in [6.07, 6.45) is 0. The molecular weight excluding hydrogens is 158 g/mol. The Kier molecular flexibility index (Phi) is 10.7. The molecule has 62 valence electrons. The molecule has 0 rings (SSSR count). The molecule has 0 aromatic carbocycles. The van der Waals surface area contributed by atoms with E-state index in [0.29, 0.717) is 13.2 Å². The summed E-state index contributed by atoms with van der Waals surface area (Å²) in [6.45, 7) is 0.928. The first-order chi connectivity index (χ1) is 4.27. The number of carboxylic acids is 1. The first-order valence-corrected chi connectivity index (χ1v) is 2.71. The van der Waals surface area contributed by atoms with Crippen molar-refractivity contribution < 1.29 is 14.6 Å². The van der Waals surface area contributed by atoms with Gasteiger partial charge in [0.2, 0.25) is 0 Å². The highest BCUT2D eigenvalue weighted by Gasteiger charge is 1.93. The van der Waals surface area contributed by atoms with E-state index in [-0.39, 0.29) is 19.0 Å². The lowest BCUT2D eigenvalue weighted by Gasteiger charge is -1.97. The van der Waals surface area contributed by atoms with Crippen LogP contribution in [0.2, 0.25) is 0 Å². The molecule has 0 aliphatic rings. The maximum Gasteiger partial charge on any atom is 0.329 e. The summed E-state index contributed by atoms with van der Waals surface area (Å²) in [4.78, 5) is 9.82. The van der Waals surface area contributed by atoms with E-state index in [1.54, 1.807) is 7.05 Å². The standard InChI is InChI=1S/C5H11NO3.ClH/c1-6-2-3-9-4-5(7)8;/h6H,2-4H2,1H3,(H,7,8);1H. The summed E-state index contributed by atoms with van der Waals surface area (Å²) < 4.78 is 4.67. The Balaban J connectivity index is 0. The number of carbonyl (C=O) groups is 1. The molecule has 0 aliphatic carbocycles. The topological polar surface area (TPSA) is 58.6 Å². The predicted molar refractivity (Wildman–Crippen MR) is 39.6 cm³/mol. The van der Waals surface area contributed by atoms with Crippen molar-refractivity contribution in [3.05, 3.63) is 0 Å². The molecule has 5 heteroatoms. The number of carboxylic acid groups (broad SMARTS) is 1. The van der Waals surface area contributed by atoms with Crippen LogP contribution in [0, 0.1) is 0 Å². The number of halogens is 1. The van der Waals surface area contributed by atoms with Crippen LogP contribution in [0.25, 0.3) is 0 Å². The van der Waals surface area contributed by atoms with Crippen LogP contribution in [0.1, 0.15) is 0 Å². The second-order valence-corrected chi connectivity index (χ2v) is 1.55. The van der Waals surface area contributed by atoms with Crippen molar-refractivity contribution in [2.24, 2.45) is 0 Å². The molecule has 4 nitrogen and oxygen atoms in total. The fraction of sp³-hybridized carbons (Fsp3) is 0.800. The summed E-state index contributed by atoms with van der Waals surface area (Å²) in [7, 11) is 1.78. The van der Waals surface area contributed by atoms with E-state index < -0.39 is 5.97 Å². The van der Waals surface area contributed by atoms with Gasteiger partial charge in [-0.3, -0.25) is 0 Å². The van der Waals surface area contributed by atoms with Gasteiger partial charge in [0.15, 0.2) is 0 Å². The number of ether oxygens (including phenoxy) is 1. The average molecular weight is 170 g/mol. The lowest BCUT2D eigenvalue weighted by Crippen LogP contribution is -2.17. The average Bonchev–Trinajstić information content (AvgIpc) is 1.80. The van der Waals surface area contributed by atoms with E-state index in [1.807, 2.05) is 0 Å². The van der Waals surface area contributed by atoms with E-state index >= 15 is 0 Å². The van der Waals surface area contributed by atoms with E-state index in [9.17, 15) is 4.79 Å². The van der Waals surface area contributed by atoms with Gasteiger partial charge in [0.25, 0.3) is 0 Å². The van der Waals surface area contributed by atoms with E-state index in [2.05, 4.69) is 10.1 Å². The zero-order valence-corrected chi connectivity index (χ0v) is 6.61. The summed E-state index contributed by atoms with van der Waals surface area (Å²) in [5.74, 6) is -0.925. The van der Waals surface area contributed by atoms with E-state index in [4.69, 9.17) is 5.11 Å². The minimum absolute atomic E-state index is 0. The molecular formula is C5H12ClNO3. The Labute approximate surface area is 66.0 Å². The Bertz CT molecular complexity index is 89.0. The van der Waals surface area contributed by atoms with Gasteiger partial charge in [-0.15, -0.1) is 12.4 Å². The number of hydrogen-bond donors (Lipinski definition) is 2. The Morgan fingerprint density at radius 1 is 1.70 bits per heavy atom. The molecule has 0 radical (unpaired) electrons. The van der Waals surface area contributed by atoms with Crippen LogP contribution >= 0.6 is 12.4 Å². The van der Waals surface area contributed by atoms with Crippen LogP contribution in [-0.4, -0.2) is 37.9 Å². The van der Waals surface area contributed by atoms with Crippen molar-refractivity contribution >= 4 is 18.4 Å². The van der Waals surface area contributed by atoms with Crippen LogP contribution in [0.5, 0.6) is 0 Å². The SMILES string of the molecule is CNCCOCC(=O)O.Cl. The fourth-order valence-corrected chi connectivity index (χ4v) is 0.334.